The van der Waals surface area contributed by atoms with Crippen molar-refractivity contribution in [3.8, 4) is 0 Å². The van der Waals surface area contributed by atoms with Gasteiger partial charge in [0.1, 0.15) is 11.6 Å². The van der Waals surface area contributed by atoms with Crippen molar-refractivity contribution in [3.05, 3.63) is 47.4 Å². The maximum Gasteiger partial charge on any atom is 0.416 e. The summed E-state index contributed by atoms with van der Waals surface area (Å²) in [5.41, 5.74) is 5.90. The Morgan fingerprint density at radius 3 is 2.65 bits per heavy atom. The molecular formula is C21H23F5N8. The van der Waals surface area contributed by atoms with Crippen LogP contribution >= 0.6 is 0 Å². The molecule has 8 nitrogen and oxygen atoms in total. The molecule has 4 N–H and O–H groups in total. The first-order chi connectivity index (χ1) is 16.1. The Morgan fingerprint density at radius 2 is 2.00 bits per heavy atom. The van der Waals surface area contributed by atoms with Gasteiger partial charge in [0.15, 0.2) is 0 Å². The molecule has 0 amide bonds. The molecule has 0 aromatic carbocycles. The van der Waals surface area contributed by atoms with E-state index in [9.17, 15) is 22.0 Å². The molecule has 2 aliphatic rings. The lowest BCUT2D eigenvalue weighted by molar-refractivity contribution is -0.137. The maximum absolute atomic E-state index is 13.4. The van der Waals surface area contributed by atoms with Crippen LogP contribution < -0.4 is 16.0 Å². The molecular weight excluding hydrogens is 459 g/mol. The molecule has 2 saturated heterocycles. The quantitative estimate of drug-likeness (QED) is 0.410. The second-order valence-electron chi connectivity index (χ2n) is 8.35. The number of pyridine rings is 1. The van der Waals surface area contributed by atoms with Gasteiger partial charge in [-0.2, -0.15) is 18.2 Å². The van der Waals surface area contributed by atoms with Gasteiger partial charge in [-0.1, -0.05) is 0 Å². The molecule has 1 unspecified atom stereocenters. The first-order valence-electron chi connectivity index (χ1n) is 10.5. The Balaban J connectivity index is 1.59. The van der Waals surface area contributed by atoms with Gasteiger partial charge in [-0.05, 0) is 36.9 Å². The van der Waals surface area contributed by atoms with Crippen LogP contribution in [0.3, 0.4) is 0 Å². The topological polar surface area (TPSA) is 107 Å². The zero-order chi connectivity index (χ0) is 24.5. The van der Waals surface area contributed by atoms with Crippen LogP contribution in [0.1, 0.15) is 23.6 Å². The summed E-state index contributed by atoms with van der Waals surface area (Å²) in [5, 5.41) is 10.2. The normalized spacial score (nSPS) is 20.8. The number of hydrogen-bond acceptors (Lipinski definition) is 8. The number of hydrogen-bond donors (Lipinski definition) is 3. The monoisotopic (exact) mass is 482 g/mol. The van der Waals surface area contributed by atoms with E-state index in [1.165, 1.54) is 17.3 Å². The van der Waals surface area contributed by atoms with Gasteiger partial charge in [0.2, 0.25) is 5.95 Å². The van der Waals surface area contributed by atoms with Crippen LogP contribution in [0.15, 0.2) is 36.2 Å². The third-order valence-electron chi connectivity index (χ3n) is 5.70. The number of halogens is 5. The highest BCUT2D eigenvalue weighted by Crippen LogP contribution is 2.34. The Morgan fingerprint density at radius 1 is 1.24 bits per heavy atom. The highest BCUT2D eigenvalue weighted by atomic mass is 19.4. The fraction of sp³-hybridized carbons (Fsp3) is 0.429. The first-order valence-corrected chi connectivity index (χ1v) is 10.5. The van der Waals surface area contributed by atoms with E-state index in [0.29, 0.717) is 24.4 Å². The lowest BCUT2D eigenvalue weighted by Gasteiger charge is -2.38. The largest absolute Gasteiger partial charge is 0.416 e. The molecule has 0 radical (unpaired) electrons. The lowest BCUT2D eigenvalue weighted by atomic mass is 10.0. The number of aromatic nitrogens is 3. The molecule has 4 rings (SSSR count). The number of alkyl halides is 5. The minimum atomic E-state index is -4.54. The second-order valence-corrected chi connectivity index (χ2v) is 8.35. The van der Waals surface area contributed by atoms with Crippen LogP contribution in [0.5, 0.6) is 0 Å². The Bertz CT molecular complexity index is 1080. The van der Waals surface area contributed by atoms with Crippen molar-refractivity contribution in [2.75, 3.05) is 42.9 Å². The highest BCUT2D eigenvalue weighted by Gasteiger charge is 2.45. The van der Waals surface area contributed by atoms with E-state index < -0.39 is 30.8 Å². The molecule has 34 heavy (non-hydrogen) atoms. The minimum absolute atomic E-state index is 0.0525. The van der Waals surface area contributed by atoms with Gasteiger partial charge in [0, 0.05) is 37.5 Å². The fourth-order valence-corrected chi connectivity index (χ4v) is 3.95. The average molecular weight is 482 g/mol. The van der Waals surface area contributed by atoms with Gasteiger partial charge in [-0.15, -0.1) is 0 Å². The van der Waals surface area contributed by atoms with Crippen LogP contribution in [-0.2, 0) is 6.18 Å². The fourth-order valence-electron chi connectivity index (χ4n) is 3.95. The molecule has 1 atom stereocenters. The van der Waals surface area contributed by atoms with Crippen LogP contribution in [0.2, 0.25) is 0 Å². The number of anilines is 3. The number of nitrogens with two attached hydrogens (primary N) is 1. The highest BCUT2D eigenvalue weighted by molar-refractivity contribution is 5.76. The third-order valence-corrected chi connectivity index (χ3v) is 5.70. The lowest BCUT2D eigenvalue weighted by Crippen LogP contribution is -2.57. The predicted octanol–water partition coefficient (Wildman–Crippen LogP) is 3.37. The number of likely N-dealkylation sites (tertiary alicyclic amines) is 1. The van der Waals surface area contributed by atoms with Crippen LogP contribution in [0.4, 0.5) is 39.5 Å². The molecule has 4 heterocycles. The number of rotatable bonds is 7. The SMILES string of the molecule is N=C/C(=C\N)CN1CCC(c2cc(Nc3cc(C(F)(F)F)ccn3)nc(N3CC(F)(F)C3)n2)C1. The summed E-state index contributed by atoms with van der Waals surface area (Å²) in [4.78, 5) is 16.1. The van der Waals surface area contributed by atoms with Crippen molar-refractivity contribution < 1.29 is 22.0 Å². The van der Waals surface area contributed by atoms with E-state index in [0.717, 1.165) is 31.3 Å². The molecule has 2 fully saturated rings. The van der Waals surface area contributed by atoms with E-state index in [1.807, 2.05) is 0 Å². The second kappa shape index (κ2) is 9.12. The summed E-state index contributed by atoms with van der Waals surface area (Å²) < 4.78 is 66.1. The summed E-state index contributed by atoms with van der Waals surface area (Å²) in [6.45, 7) is 0.747. The van der Waals surface area contributed by atoms with Crippen LogP contribution in [-0.4, -0.2) is 64.7 Å². The Kier molecular flexibility index (Phi) is 6.39. The summed E-state index contributed by atoms with van der Waals surface area (Å²) in [6.07, 6.45) is -0.221. The van der Waals surface area contributed by atoms with Crippen LogP contribution in [0, 0.1) is 5.41 Å². The van der Waals surface area contributed by atoms with Gasteiger partial charge < -0.3 is 21.4 Å². The maximum atomic E-state index is 13.4. The number of nitrogens with zero attached hydrogens (tertiary/aromatic N) is 5. The molecule has 2 aromatic rings. The predicted molar refractivity (Wildman–Crippen MR) is 117 cm³/mol. The zero-order valence-corrected chi connectivity index (χ0v) is 18.0. The molecule has 2 aliphatic heterocycles. The molecule has 0 spiro atoms. The summed E-state index contributed by atoms with van der Waals surface area (Å²) in [6, 6.07) is 3.32. The van der Waals surface area contributed by atoms with E-state index in [-0.39, 0.29) is 23.5 Å². The summed E-state index contributed by atoms with van der Waals surface area (Å²) >= 11 is 0. The van der Waals surface area contributed by atoms with Gasteiger partial charge in [-0.25, -0.2) is 18.7 Å². The Hall–Kier alpha value is -3.35. The van der Waals surface area contributed by atoms with Crippen molar-refractivity contribution in [1.82, 2.24) is 19.9 Å². The van der Waals surface area contributed by atoms with Gasteiger partial charge >= 0.3 is 6.18 Å². The molecule has 2 aromatic heterocycles. The minimum Gasteiger partial charge on any atom is -0.404 e. The van der Waals surface area contributed by atoms with Gasteiger partial charge in [0.05, 0.1) is 24.3 Å². The summed E-state index contributed by atoms with van der Waals surface area (Å²) in [7, 11) is 0. The zero-order valence-electron chi connectivity index (χ0n) is 18.0. The molecule has 182 valence electrons. The molecule has 0 saturated carbocycles. The van der Waals surface area contributed by atoms with Gasteiger partial charge in [0.25, 0.3) is 5.92 Å². The van der Waals surface area contributed by atoms with Crippen molar-refractivity contribution in [2.45, 2.75) is 24.4 Å². The van der Waals surface area contributed by atoms with Crippen molar-refractivity contribution in [2.24, 2.45) is 5.73 Å². The van der Waals surface area contributed by atoms with E-state index >= 15 is 0 Å². The van der Waals surface area contributed by atoms with E-state index in [4.69, 9.17) is 11.1 Å². The van der Waals surface area contributed by atoms with Gasteiger partial charge in [-0.3, -0.25) is 4.90 Å². The van der Waals surface area contributed by atoms with Crippen molar-refractivity contribution in [1.29, 1.82) is 5.41 Å². The standard InChI is InChI=1S/C21H23F5N8/c22-20(23)11-34(12-20)19-30-16(14-2-4-33(10-14)9-13(7-27)8-28)6-18(32-19)31-17-5-15(1-3-29-17)21(24,25)26/h1,3,5-8,14,27H,2,4,9-12,28H2,(H,29,30,31,32)/b13-8+,27-7?. The smallest absolute Gasteiger partial charge is 0.404 e. The van der Waals surface area contributed by atoms with E-state index in [2.05, 4.69) is 25.2 Å². The van der Waals surface area contributed by atoms with Crippen molar-refractivity contribution in [3.63, 3.8) is 0 Å². The average Bonchev–Trinajstić information content (AvgIpc) is 3.24. The molecule has 13 heteroatoms. The first kappa shape index (κ1) is 23.8. The molecule has 0 bridgehead atoms. The van der Waals surface area contributed by atoms with E-state index in [1.54, 1.807) is 6.07 Å². The summed E-state index contributed by atoms with van der Waals surface area (Å²) in [5.74, 6) is -2.71. The molecule has 0 aliphatic carbocycles. The Labute approximate surface area is 192 Å². The van der Waals surface area contributed by atoms with Crippen molar-refractivity contribution >= 4 is 23.8 Å². The third kappa shape index (κ3) is 5.41. The van der Waals surface area contributed by atoms with Crippen LogP contribution in [0.25, 0.3) is 0 Å². The number of nitrogens with one attached hydrogen (secondary N) is 2.